The maximum absolute atomic E-state index is 13.1. The Bertz CT molecular complexity index is 1840. The molecule has 79 heavy (non-hydrogen) atoms. The van der Waals surface area contributed by atoms with Crippen LogP contribution in [-0.4, -0.2) is 89.2 Å². The van der Waals surface area contributed by atoms with E-state index in [1.807, 2.05) is 0 Å². The molecule has 6 atom stereocenters. The second-order valence-electron chi connectivity index (χ2n) is 20.2. The predicted octanol–water partition coefficient (Wildman–Crippen LogP) is 16.0. The first-order valence-corrected chi connectivity index (χ1v) is 30.5. The topological polar surface area (TPSA) is 175 Å². The Labute approximate surface area is 478 Å². The van der Waals surface area contributed by atoms with E-state index in [1.165, 1.54) is 12.8 Å². The molecule has 1 aliphatic heterocycles. The van der Waals surface area contributed by atoms with Gasteiger partial charge in [0, 0.05) is 19.3 Å². The molecule has 1 rings (SSSR count). The van der Waals surface area contributed by atoms with Gasteiger partial charge in [0.25, 0.3) is 0 Å². The zero-order chi connectivity index (χ0) is 57.5. The number of hydrogen-bond acceptors (Lipinski definition) is 11. The summed E-state index contributed by atoms with van der Waals surface area (Å²) in [5, 5.41) is 31.5. The van der Waals surface area contributed by atoms with Crippen molar-refractivity contribution >= 4 is 23.9 Å². The zero-order valence-corrected chi connectivity index (χ0v) is 49.1. The second kappa shape index (κ2) is 53.7. The minimum atomic E-state index is -1.92. The van der Waals surface area contributed by atoms with E-state index in [-0.39, 0.29) is 25.9 Å². The van der Waals surface area contributed by atoms with Crippen LogP contribution in [-0.2, 0) is 42.9 Å². The molecule has 0 radical (unpaired) electrons. The van der Waals surface area contributed by atoms with Crippen molar-refractivity contribution in [1.82, 2.24) is 0 Å². The van der Waals surface area contributed by atoms with Gasteiger partial charge in [0.2, 0.25) is 0 Å². The summed E-state index contributed by atoms with van der Waals surface area (Å²) in [4.78, 5) is 51.2. The maximum Gasteiger partial charge on any atom is 0.335 e. The molecule has 0 aliphatic carbocycles. The molecule has 3 N–H and O–H groups in total. The normalized spacial score (nSPS) is 18.7. The average Bonchev–Trinajstić information content (AvgIpc) is 3.43. The molecule has 446 valence electrons. The minimum absolute atomic E-state index is 0.0129. The molecule has 0 spiro atoms. The molecule has 0 aromatic carbocycles. The van der Waals surface area contributed by atoms with Crippen molar-refractivity contribution in [1.29, 1.82) is 0 Å². The molecule has 0 aromatic heterocycles. The van der Waals surface area contributed by atoms with Gasteiger partial charge in [-0.2, -0.15) is 0 Å². The standard InChI is InChI=1S/C67H106O12/c1-4-7-10-13-16-19-22-24-26-28-30-32-34-36-39-41-44-47-50-53-59(68)75-56-58(77-60(69)54-51-48-45-42-38-21-18-15-12-9-6-3)57-76-67-65(63(72)62(71)64(79-67)66(73)74)78-61(70)55-52-49-46-43-40-37-35-33-31-29-27-25-23-20-17-14-11-8-5-2/h7-8,10-11,15-20,24-27,30-33,37,40,58,62-65,67,71-72H,4-6,9,12-14,21-23,28-29,34-36,38-39,41-57H2,1-3H3,(H,73,74)/b10-7-,11-8-,18-15-,19-16-,20-17-,26-24-,27-25-,32-30-,33-31-,40-37-. The molecule has 0 aromatic rings. The number of ether oxygens (including phenoxy) is 5. The quantitative estimate of drug-likeness (QED) is 0.0228. The van der Waals surface area contributed by atoms with Crippen LogP contribution < -0.4 is 0 Å². The van der Waals surface area contributed by atoms with Crippen LogP contribution >= 0.6 is 0 Å². The number of carbonyl (C=O) groups excluding carboxylic acids is 3. The summed E-state index contributed by atoms with van der Waals surface area (Å²) in [5.74, 6) is -3.21. The van der Waals surface area contributed by atoms with Gasteiger partial charge < -0.3 is 39.0 Å². The van der Waals surface area contributed by atoms with Gasteiger partial charge in [0.1, 0.15) is 18.8 Å². The number of allylic oxidation sites excluding steroid dienone is 20. The fourth-order valence-corrected chi connectivity index (χ4v) is 8.37. The lowest BCUT2D eigenvalue weighted by molar-refractivity contribution is -0.301. The zero-order valence-electron chi connectivity index (χ0n) is 49.1. The van der Waals surface area contributed by atoms with E-state index in [0.717, 1.165) is 154 Å². The van der Waals surface area contributed by atoms with Gasteiger partial charge >= 0.3 is 23.9 Å². The van der Waals surface area contributed by atoms with E-state index < -0.39 is 67.3 Å². The summed E-state index contributed by atoms with van der Waals surface area (Å²) in [6, 6.07) is 0. The third kappa shape index (κ3) is 43.6. The summed E-state index contributed by atoms with van der Waals surface area (Å²) < 4.78 is 28.4. The van der Waals surface area contributed by atoms with Crippen molar-refractivity contribution in [3.05, 3.63) is 122 Å². The Morgan fingerprint density at radius 3 is 1.24 bits per heavy atom. The maximum atomic E-state index is 13.1. The van der Waals surface area contributed by atoms with Crippen molar-refractivity contribution in [2.75, 3.05) is 13.2 Å². The Morgan fingerprint density at radius 1 is 0.430 bits per heavy atom. The molecule has 0 bridgehead atoms. The van der Waals surface area contributed by atoms with E-state index in [9.17, 15) is 34.5 Å². The summed E-state index contributed by atoms with van der Waals surface area (Å²) in [5.41, 5.74) is 0. The predicted molar refractivity (Wildman–Crippen MR) is 321 cm³/mol. The first kappa shape index (κ1) is 72.1. The van der Waals surface area contributed by atoms with Gasteiger partial charge in [-0.3, -0.25) is 14.4 Å². The number of carboxylic acid groups (broad SMARTS) is 1. The number of unbranched alkanes of at least 4 members (excludes halogenated alkanes) is 16. The number of esters is 3. The number of aliphatic hydroxyl groups is 2. The van der Waals surface area contributed by atoms with E-state index in [4.69, 9.17) is 23.7 Å². The highest BCUT2D eigenvalue weighted by atomic mass is 16.7. The molecule has 1 aliphatic rings. The Balaban J connectivity index is 2.69. The van der Waals surface area contributed by atoms with Crippen LogP contribution in [0.25, 0.3) is 0 Å². The lowest BCUT2D eigenvalue weighted by Gasteiger charge is -2.40. The lowest BCUT2D eigenvalue weighted by atomic mass is 9.98. The van der Waals surface area contributed by atoms with E-state index in [1.54, 1.807) is 0 Å². The van der Waals surface area contributed by atoms with Gasteiger partial charge in [-0.05, 0) is 122 Å². The van der Waals surface area contributed by atoms with E-state index in [2.05, 4.69) is 142 Å². The van der Waals surface area contributed by atoms with Crippen molar-refractivity contribution < 1.29 is 58.2 Å². The van der Waals surface area contributed by atoms with Crippen LogP contribution in [0.3, 0.4) is 0 Å². The van der Waals surface area contributed by atoms with Crippen LogP contribution in [0, 0.1) is 0 Å². The van der Waals surface area contributed by atoms with Gasteiger partial charge in [-0.15, -0.1) is 0 Å². The van der Waals surface area contributed by atoms with Gasteiger partial charge in [0.05, 0.1) is 6.61 Å². The minimum Gasteiger partial charge on any atom is -0.479 e. The van der Waals surface area contributed by atoms with Crippen molar-refractivity contribution in [3.8, 4) is 0 Å². The molecule has 1 fully saturated rings. The van der Waals surface area contributed by atoms with Crippen LogP contribution in [0.15, 0.2) is 122 Å². The number of rotatable bonds is 50. The van der Waals surface area contributed by atoms with Crippen LogP contribution in [0.1, 0.15) is 226 Å². The number of carboxylic acids is 1. The highest BCUT2D eigenvalue weighted by Crippen LogP contribution is 2.26. The van der Waals surface area contributed by atoms with Crippen molar-refractivity contribution in [2.45, 2.75) is 263 Å². The van der Waals surface area contributed by atoms with Crippen LogP contribution in [0.4, 0.5) is 0 Å². The molecule has 0 amide bonds. The molecular weight excluding hydrogens is 997 g/mol. The molecule has 6 unspecified atom stereocenters. The summed E-state index contributed by atoms with van der Waals surface area (Å²) in [6.07, 6.45) is 61.6. The highest BCUT2D eigenvalue weighted by Gasteiger charge is 2.50. The SMILES string of the molecule is CC/C=C\C/C=C\C/C=C\C/C=C\C/C=C\CCCCCC(=O)OC1C(OCC(COC(=O)CCCCCCCC/C=C\C/C=C\C/C=C\C/C=C\CC)OC(=O)CCCCCCC/C=C\CCCC)OC(C(=O)O)C(O)C1O. The number of aliphatic hydroxyl groups excluding tert-OH is 2. The Morgan fingerprint density at radius 2 is 0.797 bits per heavy atom. The molecule has 0 saturated carbocycles. The Kier molecular flexibility index (Phi) is 49.1. The van der Waals surface area contributed by atoms with Crippen molar-refractivity contribution in [2.24, 2.45) is 0 Å². The smallest absolute Gasteiger partial charge is 0.335 e. The first-order valence-electron chi connectivity index (χ1n) is 30.5. The van der Waals surface area contributed by atoms with Gasteiger partial charge in [-0.1, -0.05) is 206 Å². The second-order valence-corrected chi connectivity index (χ2v) is 20.2. The number of hydrogen-bond donors (Lipinski definition) is 3. The summed E-state index contributed by atoms with van der Waals surface area (Å²) in [7, 11) is 0. The van der Waals surface area contributed by atoms with Crippen LogP contribution in [0.2, 0.25) is 0 Å². The number of aliphatic carboxylic acids is 1. The largest absolute Gasteiger partial charge is 0.479 e. The fraction of sp³-hybridized carbons (Fsp3) is 0.642. The van der Waals surface area contributed by atoms with Gasteiger partial charge in [0.15, 0.2) is 24.6 Å². The van der Waals surface area contributed by atoms with Gasteiger partial charge in [-0.25, -0.2) is 4.79 Å². The monoisotopic (exact) mass is 1100 g/mol. The van der Waals surface area contributed by atoms with E-state index >= 15 is 0 Å². The fourth-order valence-electron chi connectivity index (χ4n) is 8.37. The molecule has 1 heterocycles. The third-order valence-corrected chi connectivity index (χ3v) is 13.0. The first-order chi connectivity index (χ1) is 38.6. The third-order valence-electron chi connectivity index (χ3n) is 13.0. The van der Waals surface area contributed by atoms with E-state index in [0.29, 0.717) is 19.3 Å². The molecule has 12 heteroatoms. The Hall–Kier alpha value is -4.88. The summed E-state index contributed by atoms with van der Waals surface area (Å²) in [6.45, 7) is 5.68. The summed E-state index contributed by atoms with van der Waals surface area (Å²) >= 11 is 0. The molecular formula is C67H106O12. The molecule has 12 nitrogen and oxygen atoms in total. The lowest BCUT2D eigenvalue weighted by Crippen LogP contribution is -2.61. The average molecular weight is 1100 g/mol. The van der Waals surface area contributed by atoms with Crippen molar-refractivity contribution in [3.63, 3.8) is 0 Å². The highest BCUT2D eigenvalue weighted by molar-refractivity contribution is 5.74. The van der Waals surface area contributed by atoms with Crippen LogP contribution in [0.5, 0.6) is 0 Å². The number of carbonyl (C=O) groups is 4. The molecule has 1 saturated heterocycles.